The Bertz CT molecular complexity index is 852. The van der Waals surface area contributed by atoms with E-state index < -0.39 is 0 Å². The molecule has 8 atom stereocenters. The zero-order chi connectivity index (χ0) is 21.6. The van der Waals surface area contributed by atoms with Crippen molar-refractivity contribution in [2.45, 2.75) is 111 Å². The zero-order valence-electron chi connectivity index (χ0n) is 20.6. The van der Waals surface area contributed by atoms with E-state index in [-0.39, 0.29) is 5.41 Å². The number of hydrogen-bond acceptors (Lipinski definition) is 1. The molecule has 0 aliphatic heterocycles. The molecule has 0 aromatic rings. The Morgan fingerprint density at radius 2 is 1.58 bits per heavy atom. The lowest BCUT2D eigenvalue weighted by Gasteiger charge is -2.68. The summed E-state index contributed by atoms with van der Waals surface area (Å²) < 4.78 is 0. The lowest BCUT2D eigenvalue weighted by Crippen LogP contribution is -2.61. The van der Waals surface area contributed by atoms with Crippen molar-refractivity contribution in [1.82, 2.24) is 0 Å². The fourth-order valence-corrected chi connectivity index (χ4v) is 11.1. The monoisotopic (exact) mass is 420 g/mol. The summed E-state index contributed by atoms with van der Waals surface area (Å²) in [5.41, 5.74) is 4.43. The average molecular weight is 421 g/mol. The second-order valence-electron chi connectivity index (χ2n) is 13.9. The van der Waals surface area contributed by atoms with Gasteiger partial charge in [0.05, 0.1) is 0 Å². The van der Waals surface area contributed by atoms with E-state index in [9.17, 15) is 4.79 Å². The minimum Gasteiger partial charge on any atom is -0.234 e. The predicted octanol–water partition coefficient (Wildman–Crippen LogP) is 7.93. The SMILES string of the molecule is CC1(C)C(=C=O)CCC2(C)C1CCC1(C)C3CCC4(C=C5CC5)CCCC4C3CCC12. The smallest absolute Gasteiger partial charge is 0.124 e. The molecule has 8 unspecified atom stereocenters. The summed E-state index contributed by atoms with van der Waals surface area (Å²) in [7, 11) is 0. The van der Waals surface area contributed by atoms with Gasteiger partial charge in [0, 0.05) is 5.57 Å². The van der Waals surface area contributed by atoms with Crippen molar-refractivity contribution in [1.29, 1.82) is 0 Å². The van der Waals surface area contributed by atoms with Crippen molar-refractivity contribution in [3.8, 4) is 0 Å². The molecular weight excluding hydrogens is 376 g/mol. The summed E-state index contributed by atoms with van der Waals surface area (Å²) in [4.78, 5) is 11.7. The predicted molar refractivity (Wildman–Crippen MR) is 127 cm³/mol. The number of hydrogen-bond donors (Lipinski definition) is 0. The molecule has 1 heteroatoms. The minimum atomic E-state index is 0.0382. The van der Waals surface area contributed by atoms with Crippen LogP contribution >= 0.6 is 0 Å². The van der Waals surface area contributed by atoms with Crippen molar-refractivity contribution < 1.29 is 4.79 Å². The largest absolute Gasteiger partial charge is 0.234 e. The molecule has 6 fully saturated rings. The molecule has 0 heterocycles. The molecule has 0 N–H and O–H groups in total. The first-order valence-corrected chi connectivity index (χ1v) is 13.7. The van der Waals surface area contributed by atoms with E-state index in [2.05, 4.69) is 39.7 Å². The molecule has 31 heavy (non-hydrogen) atoms. The van der Waals surface area contributed by atoms with Gasteiger partial charge in [-0.25, -0.2) is 4.79 Å². The normalized spacial score (nSPS) is 52.3. The molecule has 0 aromatic heterocycles. The van der Waals surface area contributed by atoms with Gasteiger partial charge in [0.15, 0.2) is 0 Å². The molecule has 6 rings (SSSR count). The molecule has 0 saturated heterocycles. The summed E-state index contributed by atoms with van der Waals surface area (Å²) in [6.07, 6.45) is 20.9. The van der Waals surface area contributed by atoms with E-state index in [4.69, 9.17) is 0 Å². The van der Waals surface area contributed by atoms with Crippen LogP contribution in [0.1, 0.15) is 111 Å². The summed E-state index contributed by atoms with van der Waals surface area (Å²) in [6, 6.07) is 0. The molecule has 0 spiro atoms. The number of carbonyl (C=O) groups excluding carboxylic acids is 1. The molecule has 0 bridgehead atoms. The molecule has 0 radical (unpaired) electrons. The van der Waals surface area contributed by atoms with Gasteiger partial charge in [-0.2, -0.15) is 0 Å². The Labute approximate surface area is 190 Å². The van der Waals surface area contributed by atoms with Crippen LogP contribution in [0.4, 0.5) is 0 Å². The van der Waals surface area contributed by atoms with Gasteiger partial charge >= 0.3 is 0 Å². The first-order valence-electron chi connectivity index (χ1n) is 13.7. The van der Waals surface area contributed by atoms with Crippen LogP contribution < -0.4 is 0 Å². The Hall–Kier alpha value is -0.810. The van der Waals surface area contributed by atoms with Crippen molar-refractivity contribution >= 4 is 5.94 Å². The van der Waals surface area contributed by atoms with Gasteiger partial charge in [-0.3, -0.25) is 0 Å². The maximum atomic E-state index is 11.7. The van der Waals surface area contributed by atoms with E-state index in [1.165, 1.54) is 77.0 Å². The third-order valence-corrected chi connectivity index (χ3v) is 12.6. The Morgan fingerprint density at radius 1 is 0.774 bits per heavy atom. The first kappa shape index (κ1) is 20.8. The fourth-order valence-electron chi connectivity index (χ4n) is 11.1. The zero-order valence-corrected chi connectivity index (χ0v) is 20.6. The molecular formula is C30H44O. The van der Waals surface area contributed by atoms with E-state index in [1.807, 2.05) is 0 Å². The molecule has 6 aliphatic carbocycles. The highest BCUT2D eigenvalue weighted by Gasteiger charge is 2.65. The van der Waals surface area contributed by atoms with Gasteiger partial charge < -0.3 is 0 Å². The van der Waals surface area contributed by atoms with Gasteiger partial charge in [-0.1, -0.05) is 45.8 Å². The summed E-state index contributed by atoms with van der Waals surface area (Å²) in [6.45, 7) is 10.1. The van der Waals surface area contributed by atoms with Crippen molar-refractivity contribution in [3.63, 3.8) is 0 Å². The van der Waals surface area contributed by atoms with Crippen LogP contribution in [-0.4, -0.2) is 5.94 Å². The van der Waals surface area contributed by atoms with Crippen LogP contribution in [0.25, 0.3) is 0 Å². The van der Waals surface area contributed by atoms with E-state index in [0.717, 1.165) is 35.7 Å². The molecule has 170 valence electrons. The Balaban J connectivity index is 1.33. The van der Waals surface area contributed by atoms with Crippen LogP contribution in [0.5, 0.6) is 0 Å². The maximum Gasteiger partial charge on any atom is 0.124 e. The topological polar surface area (TPSA) is 17.1 Å². The van der Waals surface area contributed by atoms with Gasteiger partial charge in [0.25, 0.3) is 0 Å². The minimum absolute atomic E-state index is 0.0382. The average Bonchev–Trinajstić information content (AvgIpc) is 3.42. The Kier molecular flexibility index (Phi) is 4.44. The van der Waals surface area contributed by atoms with Crippen LogP contribution in [0.3, 0.4) is 0 Å². The van der Waals surface area contributed by atoms with Crippen molar-refractivity contribution in [2.75, 3.05) is 0 Å². The highest BCUT2D eigenvalue weighted by molar-refractivity contribution is 5.56. The van der Waals surface area contributed by atoms with Crippen LogP contribution in [-0.2, 0) is 4.79 Å². The second kappa shape index (κ2) is 6.62. The fraction of sp³-hybridized carbons (Fsp3) is 0.867. The van der Waals surface area contributed by atoms with E-state index in [1.54, 1.807) is 5.57 Å². The molecule has 0 amide bonds. The van der Waals surface area contributed by atoms with Crippen molar-refractivity contribution in [3.05, 3.63) is 17.2 Å². The third kappa shape index (κ3) is 2.71. The lowest BCUT2D eigenvalue weighted by molar-refractivity contribution is -0.183. The van der Waals surface area contributed by atoms with E-state index in [0.29, 0.717) is 22.2 Å². The standard InChI is InChI=1S/C30H44O/c1-27(2)21(19-31)11-15-29(4)25(27)13-16-28(3)23-12-17-30(18-20-7-8-20)14-5-6-24(30)22(23)9-10-26(28)29/h18,22-26H,5-17H2,1-4H3. The lowest BCUT2D eigenvalue weighted by atomic mass is 9.36. The van der Waals surface area contributed by atoms with Crippen LogP contribution in [0.2, 0.25) is 0 Å². The van der Waals surface area contributed by atoms with Gasteiger partial charge in [-0.15, -0.1) is 0 Å². The Morgan fingerprint density at radius 3 is 2.32 bits per heavy atom. The van der Waals surface area contributed by atoms with Crippen molar-refractivity contribution in [2.24, 2.45) is 51.2 Å². The first-order chi connectivity index (χ1) is 14.7. The highest BCUT2D eigenvalue weighted by Crippen LogP contribution is 2.73. The molecule has 6 aliphatic rings. The van der Waals surface area contributed by atoms with Crippen LogP contribution in [0, 0.1) is 51.2 Å². The summed E-state index contributed by atoms with van der Waals surface area (Å²) in [5.74, 6) is 6.80. The van der Waals surface area contributed by atoms with E-state index >= 15 is 0 Å². The van der Waals surface area contributed by atoms with Crippen LogP contribution in [0.15, 0.2) is 17.2 Å². The second-order valence-corrected chi connectivity index (χ2v) is 13.9. The molecule has 0 aromatic carbocycles. The summed E-state index contributed by atoms with van der Waals surface area (Å²) >= 11 is 0. The van der Waals surface area contributed by atoms with Gasteiger partial charge in [0.2, 0.25) is 0 Å². The number of fused-ring (bicyclic) bond motifs is 7. The molecule has 1 nitrogen and oxygen atoms in total. The number of rotatable bonds is 1. The quantitative estimate of drug-likeness (QED) is 0.311. The van der Waals surface area contributed by atoms with Gasteiger partial charge in [0.1, 0.15) is 5.94 Å². The molecule has 6 saturated carbocycles. The number of allylic oxidation sites excluding steroid dienone is 3. The van der Waals surface area contributed by atoms with Gasteiger partial charge in [-0.05, 0) is 128 Å². The third-order valence-electron chi connectivity index (χ3n) is 12.6. The highest BCUT2D eigenvalue weighted by atomic mass is 16.1. The maximum absolute atomic E-state index is 11.7. The summed E-state index contributed by atoms with van der Waals surface area (Å²) in [5, 5.41) is 0.